The Bertz CT molecular complexity index is 401. The Morgan fingerprint density at radius 2 is 2.31 bits per heavy atom. The number of pyridine rings is 1. The summed E-state index contributed by atoms with van der Waals surface area (Å²) in [6.45, 7) is 4.41. The molecule has 0 bridgehead atoms. The molecule has 1 aliphatic rings. The molecular formula is C13H17NO2. The van der Waals surface area contributed by atoms with E-state index in [1.165, 1.54) is 5.56 Å². The highest BCUT2D eigenvalue weighted by atomic mass is 16.5. The minimum Gasteiger partial charge on any atom is -0.461 e. The van der Waals surface area contributed by atoms with Crippen LogP contribution >= 0.6 is 0 Å². The van der Waals surface area contributed by atoms with E-state index >= 15 is 0 Å². The van der Waals surface area contributed by atoms with E-state index in [4.69, 9.17) is 4.74 Å². The summed E-state index contributed by atoms with van der Waals surface area (Å²) in [5.74, 6) is 0.378. The monoisotopic (exact) mass is 219 g/mol. The number of fused-ring (bicyclic) bond motifs is 1. The van der Waals surface area contributed by atoms with Crippen molar-refractivity contribution in [3.63, 3.8) is 0 Å². The number of hydrogen-bond donors (Lipinski definition) is 0. The second-order valence-corrected chi connectivity index (χ2v) is 4.20. The first-order valence-corrected chi connectivity index (χ1v) is 5.90. The Labute approximate surface area is 95.8 Å². The second-order valence-electron chi connectivity index (χ2n) is 4.20. The number of carbonyl (C=O) groups is 1. The van der Waals surface area contributed by atoms with Gasteiger partial charge >= 0.3 is 5.97 Å². The SMILES string of the molecule is CCOC(=O)c1nccc2c1C[C@@H](CC)C2. The van der Waals surface area contributed by atoms with Gasteiger partial charge in [0.1, 0.15) is 0 Å². The van der Waals surface area contributed by atoms with E-state index in [2.05, 4.69) is 11.9 Å². The number of nitrogens with zero attached hydrogens (tertiary/aromatic N) is 1. The van der Waals surface area contributed by atoms with Crippen LogP contribution in [0.5, 0.6) is 0 Å². The molecule has 0 N–H and O–H groups in total. The van der Waals surface area contributed by atoms with E-state index in [1.807, 2.05) is 13.0 Å². The third kappa shape index (κ3) is 1.94. The summed E-state index contributed by atoms with van der Waals surface area (Å²) >= 11 is 0. The Morgan fingerprint density at radius 1 is 1.50 bits per heavy atom. The molecule has 0 saturated carbocycles. The van der Waals surface area contributed by atoms with Gasteiger partial charge in [-0.25, -0.2) is 9.78 Å². The van der Waals surface area contributed by atoms with Crippen molar-refractivity contribution >= 4 is 5.97 Å². The summed E-state index contributed by atoms with van der Waals surface area (Å²) in [6.07, 6.45) is 4.90. The van der Waals surface area contributed by atoms with E-state index in [1.54, 1.807) is 6.20 Å². The molecule has 0 fully saturated rings. The highest BCUT2D eigenvalue weighted by Gasteiger charge is 2.26. The van der Waals surface area contributed by atoms with Gasteiger partial charge in [0.2, 0.25) is 0 Å². The van der Waals surface area contributed by atoms with E-state index in [0.717, 1.165) is 24.8 Å². The lowest BCUT2D eigenvalue weighted by Crippen LogP contribution is -2.10. The average Bonchev–Trinajstić information content (AvgIpc) is 2.71. The van der Waals surface area contributed by atoms with Crippen LogP contribution in [-0.4, -0.2) is 17.6 Å². The van der Waals surface area contributed by atoms with Gasteiger partial charge < -0.3 is 4.74 Å². The van der Waals surface area contributed by atoms with Gasteiger partial charge in [-0.15, -0.1) is 0 Å². The van der Waals surface area contributed by atoms with Crippen LogP contribution in [0.3, 0.4) is 0 Å². The molecule has 1 atom stereocenters. The van der Waals surface area contributed by atoms with E-state index < -0.39 is 0 Å². The zero-order valence-corrected chi connectivity index (χ0v) is 9.82. The number of ether oxygens (including phenoxy) is 1. The van der Waals surface area contributed by atoms with Gasteiger partial charge in [-0.2, -0.15) is 0 Å². The number of hydrogen-bond acceptors (Lipinski definition) is 3. The quantitative estimate of drug-likeness (QED) is 0.733. The third-order valence-corrected chi connectivity index (χ3v) is 3.20. The maximum Gasteiger partial charge on any atom is 0.357 e. The van der Waals surface area contributed by atoms with Crippen LogP contribution in [0, 0.1) is 5.92 Å². The molecule has 0 aliphatic heterocycles. The molecule has 1 heterocycles. The van der Waals surface area contributed by atoms with Crippen molar-refractivity contribution < 1.29 is 9.53 Å². The van der Waals surface area contributed by atoms with Gasteiger partial charge in [0.25, 0.3) is 0 Å². The Hall–Kier alpha value is -1.38. The Kier molecular flexibility index (Phi) is 3.22. The fraction of sp³-hybridized carbons (Fsp3) is 0.538. The minimum absolute atomic E-state index is 0.281. The number of carbonyl (C=O) groups excluding carboxylic acids is 1. The fourth-order valence-electron chi connectivity index (χ4n) is 2.29. The summed E-state index contributed by atoms with van der Waals surface area (Å²) < 4.78 is 5.02. The molecule has 86 valence electrons. The van der Waals surface area contributed by atoms with Crippen molar-refractivity contribution in [3.05, 3.63) is 29.1 Å². The molecule has 1 aliphatic carbocycles. The van der Waals surface area contributed by atoms with Crippen LogP contribution in [0.2, 0.25) is 0 Å². The molecule has 0 unspecified atom stereocenters. The van der Waals surface area contributed by atoms with Crippen LogP contribution < -0.4 is 0 Å². The van der Waals surface area contributed by atoms with Crippen molar-refractivity contribution in [2.75, 3.05) is 6.61 Å². The summed E-state index contributed by atoms with van der Waals surface area (Å²) in [5, 5.41) is 0. The van der Waals surface area contributed by atoms with Gasteiger partial charge in [0.15, 0.2) is 5.69 Å². The molecular weight excluding hydrogens is 202 g/mol. The Balaban J connectivity index is 2.29. The molecule has 1 aromatic rings. The molecule has 3 nitrogen and oxygen atoms in total. The van der Waals surface area contributed by atoms with Crippen LogP contribution in [0.25, 0.3) is 0 Å². The summed E-state index contributed by atoms with van der Waals surface area (Å²) in [7, 11) is 0. The zero-order chi connectivity index (χ0) is 11.5. The van der Waals surface area contributed by atoms with Gasteiger partial charge in [-0.3, -0.25) is 0 Å². The van der Waals surface area contributed by atoms with Crippen molar-refractivity contribution in [2.45, 2.75) is 33.1 Å². The van der Waals surface area contributed by atoms with E-state index in [9.17, 15) is 4.79 Å². The smallest absolute Gasteiger partial charge is 0.357 e. The van der Waals surface area contributed by atoms with Crippen molar-refractivity contribution in [1.29, 1.82) is 0 Å². The number of rotatable bonds is 3. The predicted octanol–water partition coefficient (Wildman–Crippen LogP) is 2.38. The summed E-state index contributed by atoms with van der Waals surface area (Å²) in [6, 6.07) is 2.02. The Morgan fingerprint density at radius 3 is 3.00 bits per heavy atom. The fourth-order valence-corrected chi connectivity index (χ4v) is 2.29. The number of aromatic nitrogens is 1. The van der Waals surface area contributed by atoms with Crippen LogP contribution in [0.15, 0.2) is 12.3 Å². The molecule has 2 rings (SSSR count). The maximum absolute atomic E-state index is 11.7. The zero-order valence-electron chi connectivity index (χ0n) is 9.82. The van der Waals surface area contributed by atoms with Crippen molar-refractivity contribution in [3.8, 4) is 0 Å². The first-order valence-electron chi connectivity index (χ1n) is 5.90. The lowest BCUT2D eigenvalue weighted by atomic mass is 10.0. The van der Waals surface area contributed by atoms with E-state index in [0.29, 0.717) is 18.2 Å². The minimum atomic E-state index is -0.281. The lowest BCUT2D eigenvalue weighted by molar-refractivity contribution is 0.0518. The highest BCUT2D eigenvalue weighted by molar-refractivity contribution is 5.89. The topological polar surface area (TPSA) is 39.2 Å². The first kappa shape index (κ1) is 11.1. The molecule has 0 spiro atoms. The maximum atomic E-state index is 11.7. The molecule has 0 radical (unpaired) electrons. The first-order chi connectivity index (χ1) is 7.76. The van der Waals surface area contributed by atoms with Crippen molar-refractivity contribution in [1.82, 2.24) is 4.98 Å². The van der Waals surface area contributed by atoms with Gasteiger partial charge in [0, 0.05) is 6.20 Å². The van der Waals surface area contributed by atoms with Gasteiger partial charge in [0.05, 0.1) is 6.61 Å². The average molecular weight is 219 g/mol. The highest BCUT2D eigenvalue weighted by Crippen LogP contribution is 2.30. The van der Waals surface area contributed by atoms with Crippen LogP contribution in [0.4, 0.5) is 0 Å². The van der Waals surface area contributed by atoms with Gasteiger partial charge in [-0.05, 0) is 42.9 Å². The van der Waals surface area contributed by atoms with Crippen molar-refractivity contribution in [2.24, 2.45) is 5.92 Å². The standard InChI is InChI=1S/C13H17NO2/c1-3-9-7-10-5-6-14-12(11(10)8-9)13(15)16-4-2/h5-6,9H,3-4,7-8H2,1-2H3/t9-/m0/s1. The molecule has 16 heavy (non-hydrogen) atoms. The largest absolute Gasteiger partial charge is 0.461 e. The van der Waals surface area contributed by atoms with Gasteiger partial charge in [-0.1, -0.05) is 13.3 Å². The van der Waals surface area contributed by atoms with E-state index in [-0.39, 0.29) is 5.97 Å². The summed E-state index contributed by atoms with van der Waals surface area (Å²) in [4.78, 5) is 15.9. The summed E-state index contributed by atoms with van der Waals surface area (Å²) in [5.41, 5.74) is 2.90. The predicted molar refractivity (Wildman–Crippen MR) is 61.4 cm³/mol. The normalized spacial score (nSPS) is 18.2. The third-order valence-electron chi connectivity index (χ3n) is 3.20. The molecule has 1 aromatic heterocycles. The van der Waals surface area contributed by atoms with Crippen LogP contribution in [0.1, 0.15) is 41.9 Å². The molecule has 0 aromatic carbocycles. The van der Waals surface area contributed by atoms with Crippen LogP contribution in [-0.2, 0) is 17.6 Å². The molecule has 0 saturated heterocycles. The molecule has 3 heteroatoms. The molecule has 0 amide bonds. The number of esters is 1. The lowest BCUT2D eigenvalue weighted by Gasteiger charge is -2.06. The second kappa shape index (κ2) is 4.64.